The summed E-state index contributed by atoms with van der Waals surface area (Å²) >= 11 is 1.57. The zero-order valence-corrected chi connectivity index (χ0v) is 14.9. The lowest BCUT2D eigenvalue weighted by Crippen LogP contribution is -2.28. The summed E-state index contributed by atoms with van der Waals surface area (Å²) in [6, 6.07) is 0.377. The van der Waals surface area contributed by atoms with Gasteiger partial charge in [0.05, 0.1) is 0 Å². The first-order valence-corrected chi connectivity index (χ1v) is 8.63. The van der Waals surface area contributed by atoms with E-state index in [0.717, 1.165) is 9.88 Å². The van der Waals surface area contributed by atoms with Crippen molar-refractivity contribution in [2.24, 2.45) is 0 Å². The average molecular weight is 353 g/mol. The Morgan fingerprint density at radius 1 is 1.50 bits per heavy atom. The van der Waals surface area contributed by atoms with Crippen molar-refractivity contribution in [1.29, 1.82) is 0 Å². The van der Waals surface area contributed by atoms with Crippen molar-refractivity contribution in [1.82, 2.24) is 19.9 Å². The van der Waals surface area contributed by atoms with Crippen LogP contribution in [0.15, 0.2) is 6.20 Å². The number of hydrogen-bond donors (Lipinski definition) is 3. The SMILES string of the molecule is CCn1c(OCc2ncc(C)s2)nc(NC)c1C(=O)NCCCO. The second kappa shape index (κ2) is 8.65. The minimum Gasteiger partial charge on any atom is -0.457 e. The molecular weight excluding hydrogens is 330 g/mol. The van der Waals surface area contributed by atoms with Gasteiger partial charge in [-0.1, -0.05) is 0 Å². The van der Waals surface area contributed by atoms with Crippen LogP contribution in [-0.4, -0.2) is 45.7 Å². The molecule has 3 N–H and O–H groups in total. The summed E-state index contributed by atoms with van der Waals surface area (Å²) in [4.78, 5) is 22.2. The number of carbonyl (C=O) groups excluding carboxylic acids is 1. The molecular formula is C15H23N5O3S. The summed E-state index contributed by atoms with van der Waals surface area (Å²) in [6.07, 6.45) is 2.31. The van der Waals surface area contributed by atoms with Gasteiger partial charge in [0.15, 0.2) is 11.5 Å². The first-order valence-electron chi connectivity index (χ1n) is 7.82. The summed E-state index contributed by atoms with van der Waals surface area (Å²) < 4.78 is 7.49. The largest absolute Gasteiger partial charge is 0.457 e. The van der Waals surface area contributed by atoms with Gasteiger partial charge in [0.2, 0.25) is 0 Å². The molecule has 0 saturated carbocycles. The number of nitrogens with zero attached hydrogens (tertiary/aromatic N) is 3. The Balaban J connectivity index is 2.17. The third-order valence-electron chi connectivity index (χ3n) is 3.32. The van der Waals surface area contributed by atoms with Crippen molar-refractivity contribution in [3.8, 4) is 6.01 Å². The fourth-order valence-electron chi connectivity index (χ4n) is 2.20. The molecule has 9 heteroatoms. The van der Waals surface area contributed by atoms with Gasteiger partial charge in [0.25, 0.3) is 11.9 Å². The van der Waals surface area contributed by atoms with Crippen LogP contribution in [0.3, 0.4) is 0 Å². The Hall–Kier alpha value is -2.13. The summed E-state index contributed by atoms with van der Waals surface area (Å²) in [6.45, 7) is 5.21. The minimum absolute atomic E-state index is 0.0355. The Kier molecular flexibility index (Phi) is 6.56. The Morgan fingerprint density at radius 3 is 2.88 bits per heavy atom. The van der Waals surface area contributed by atoms with E-state index >= 15 is 0 Å². The molecule has 0 bridgehead atoms. The molecule has 0 aliphatic carbocycles. The van der Waals surface area contributed by atoms with Crippen LogP contribution in [-0.2, 0) is 13.2 Å². The zero-order valence-electron chi connectivity index (χ0n) is 14.1. The van der Waals surface area contributed by atoms with Crippen molar-refractivity contribution in [3.63, 3.8) is 0 Å². The van der Waals surface area contributed by atoms with Gasteiger partial charge < -0.3 is 20.5 Å². The molecule has 0 atom stereocenters. The molecule has 24 heavy (non-hydrogen) atoms. The summed E-state index contributed by atoms with van der Waals surface area (Å²) in [5.74, 6) is 0.214. The van der Waals surface area contributed by atoms with Crippen LogP contribution in [0.1, 0.15) is 33.7 Å². The summed E-state index contributed by atoms with van der Waals surface area (Å²) in [5.41, 5.74) is 0.420. The Labute approximate surface area is 144 Å². The quantitative estimate of drug-likeness (QED) is 0.589. The van der Waals surface area contributed by atoms with Crippen LogP contribution in [0.25, 0.3) is 0 Å². The van der Waals surface area contributed by atoms with Gasteiger partial charge in [-0.3, -0.25) is 9.36 Å². The molecule has 0 aliphatic heterocycles. The molecule has 8 nitrogen and oxygen atoms in total. The normalized spacial score (nSPS) is 10.7. The van der Waals surface area contributed by atoms with E-state index in [4.69, 9.17) is 9.84 Å². The van der Waals surface area contributed by atoms with Crippen LogP contribution >= 0.6 is 11.3 Å². The van der Waals surface area contributed by atoms with E-state index in [0.29, 0.717) is 43.6 Å². The van der Waals surface area contributed by atoms with Crippen molar-refractivity contribution in [2.45, 2.75) is 33.4 Å². The summed E-state index contributed by atoms with van der Waals surface area (Å²) in [7, 11) is 1.71. The van der Waals surface area contributed by atoms with Crippen LogP contribution in [0.2, 0.25) is 0 Å². The number of nitrogens with one attached hydrogen (secondary N) is 2. The number of hydrogen-bond acceptors (Lipinski definition) is 7. The van der Waals surface area contributed by atoms with Crippen molar-refractivity contribution >= 4 is 23.1 Å². The number of thiazole rings is 1. The Bertz CT molecular complexity index is 683. The number of aliphatic hydroxyl groups is 1. The molecule has 0 spiro atoms. The lowest BCUT2D eigenvalue weighted by Gasteiger charge is -2.10. The van der Waals surface area contributed by atoms with Gasteiger partial charge in [-0.15, -0.1) is 11.3 Å². The maximum atomic E-state index is 12.4. The molecule has 2 rings (SSSR count). The van der Waals surface area contributed by atoms with Crippen LogP contribution in [0, 0.1) is 6.92 Å². The third kappa shape index (κ3) is 4.24. The van der Waals surface area contributed by atoms with E-state index in [1.165, 1.54) is 0 Å². The highest BCUT2D eigenvalue weighted by Gasteiger charge is 2.22. The van der Waals surface area contributed by atoms with Crippen LogP contribution in [0.5, 0.6) is 6.01 Å². The number of amides is 1. The van der Waals surface area contributed by atoms with Gasteiger partial charge in [-0.05, 0) is 20.3 Å². The topological polar surface area (TPSA) is 101 Å². The predicted octanol–water partition coefficient (Wildman–Crippen LogP) is 1.40. The number of imidazole rings is 1. The third-order valence-corrected chi connectivity index (χ3v) is 4.20. The number of ether oxygens (including phenoxy) is 1. The highest BCUT2D eigenvalue weighted by Crippen LogP contribution is 2.24. The Morgan fingerprint density at radius 2 is 2.29 bits per heavy atom. The molecule has 2 aromatic heterocycles. The lowest BCUT2D eigenvalue weighted by molar-refractivity contribution is 0.0941. The maximum absolute atomic E-state index is 12.4. The highest BCUT2D eigenvalue weighted by molar-refractivity contribution is 7.11. The molecule has 2 aromatic rings. The smallest absolute Gasteiger partial charge is 0.299 e. The van der Waals surface area contributed by atoms with Gasteiger partial charge in [-0.2, -0.15) is 4.98 Å². The molecule has 0 fully saturated rings. The molecule has 1 amide bonds. The first kappa shape index (κ1) is 18.2. The van der Waals surface area contributed by atoms with Gasteiger partial charge in [0, 0.05) is 37.8 Å². The number of carbonyl (C=O) groups is 1. The molecule has 0 unspecified atom stereocenters. The zero-order chi connectivity index (χ0) is 17.5. The molecule has 0 aromatic carbocycles. The number of aromatic nitrogens is 3. The summed E-state index contributed by atoms with van der Waals surface area (Å²) in [5, 5.41) is 15.4. The highest BCUT2D eigenvalue weighted by atomic mass is 32.1. The van der Waals surface area contributed by atoms with E-state index in [1.807, 2.05) is 13.8 Å². The van der Waals surface area contributed by atoms with E-state index in [1.54, 1.807) is 29.1 Å². The van der Waals surface area contributed by atoms with Gasteiger partial charge >= 0.3 is 0 Å². The minimum atomic E-state index is -0.248. The number of anilines is 1. The van der Waals surface area contributed by atoms with Crippen molar-refractivity contribution in [3.05, 3.63) is 21.8 Å². The second-order valence-corrected chi connectivity index (χ2v) is 6.39. The van der Waals surface area contributed by atoms with E-state index in [2.05, 4.69) is 20.6 Å². The molecule has 0 radical (unpaired) electrons. The second-order valence-electron chi connectivity index (χ2n) is 5.07. The number of rotatable bonds is 9. The van der Waals surface area contributed by atoms with Gasteiger partial charge in [-0.25, -0.2) is 4.98 Å². The predicted molar refractivity (Wildman–Crippen MR) is 92.7 cm³/mol. The van der Waals surface area contributed by atoms with Crippen molar-refractivity contribution in [2.75, 3.05) is 25.5 Å². The van der Waals surface area contributed by atoms with E-state index < -0.39 is 0 Å². The lowest BCUT2D eigenvalue weighted by atomic mass is 10.3. The van der Waals surface area contributed by atoms with E-state index in [9.17, 15) is 4.79 Å². The average Bonchev–Trinajstić information content (AvgIpc) is 3.15. The number of aryl methyl sites for hydroxylation is 1. The first-order chi connectivity index (χ1) is 11.6. The standard InChI is InChI=1S/C15H23N5O3S/c1-4-20-12(14(22)17-6-5-7-21)13(16-3)19-15(20)23-9-11-18-8-10(2)24-11/h8,16,21H,4-7,9H2,1-3H3,(H,17,22). The molecule has 0 saturated heterocycles. The maximum Gasteiger partial charge on any atom is 0.299 e. The van der Waals surface area contributed by atoms with E-state index in [-0.39, 0.29) is 12.5 Å². The van der Waals surface area contributed by atoms with Crippen LogP contribution in [0.4, 0.5) is 5.82 Å². The van der Waals surface area contributed by atoms with Gasteiger partial charge in [0.1, 0.15) is 11.6 Å². The monoisotopic (exact) mass is 353 g/mol. The fraction of sp³-hybridized carbons (Fsp3) is 0.533. The number of aliphatic hydroxyl groups excluding tert-OH is 1. The fourth-order valence-corrected chi connectivity index (χ4v) is 2.90. The van der Waals surface area contributed by atoms with Crippen molar-refractivity contribution < 1.29 is 14.6 Å². The molecule has 132 valence electrons. The molecule has 0 aliphatic rings. The van der Waals surface area contributed by atoms with Crippen LogP contribution < -0.4 is 15.4 Å². The molecule has 2 heterocycles.